The SMILES string of the molecule is CC1(C)OC(=C2C(=O)Nc3ccc(F)cc32)C=C1c1ccc(N(CCCO)C2CS(O)(O)CC2O)nc1. The molecule has 1 aromatic carbocycles. The Morgan fingerprint density at radius 3 is 2.68 bits per heavy atom. The molecule has 5 rings (SSSR count). The molecule has 3 aliphatic heterocycles. The van der Waals surface area contributed by atoms with Gasteiger partial charge < -0.3 is 25.2 Å². The number of halogens is 1. The molecule has 0 bridgehead atoms. The summed E-state index contributed by atoms with van der Waals surface area (Å²) in [5, 5.41) is 22.6. The van der Waals surface area contributed by atoms with Gasteiger partial charge >= 0.3 is 0 Å². The van der Waals surface area contributed by atoms with E-state index < -0.39 is 34.2 Å². The number of pyridine rings is 1. The first-order valence-corrected chi connectivity index (χ1v) is 13.9. The molecule has 11 heteroatoms. The first-order valence-electron chi connectivity index (χ1n) is 12.0. The van der Waals surface area contributed by atoms with Gasteiger partial charge in [0, 0.05) is 41.7 Å². The van der Waals surface area contributed by atoms with Gasteiger partial charge in [-0.1, -0.05) is 0 Å². The monoisotopic (exact) mass is 531 g/mol. The Labute approximate surface area is 215 Å². The summed E-state index contributed by atoms with van der Waals surface area (Å²) in [6, 6.07) is 7.21. The van der Waals surface area contributed by atoms with Crippen LogP contribution in [0.5, 0.6) is 0 Å². The third-order valence-electron chi connectivity index (χ3n) is 6.89. The molecule has 9 nitrogen and oxygen atoms in total. The number of fused-ring (bicyclic) bond motifs is 1. The zero-order valence-electron chi connectivity index (χ0n) is 20.5. The fourth-order valence-corrected chi connectivity index (χ4v) is 7.00. The van der Waals surface area contributed by atoms with Gasteiger partial charge in [-0.25, -0.2) is 9.37 Å². The van der Waals surface area contributed by atoms with Gasteiger partial charge in [0.1, 0.15) is 23.0 Å². The van der Waals surface area contributed by atoms with Gasteiger partial charge in [-0.05, 0) is 56.7 Å². The number of aliphatic hydroxyl groups is 2. The van der Waals surface area contributed by atoms with E-state index in [1.165, 1.54) is 18.2 Å². The van der Waals surface area contributed by atoms with Crippen LogP contribution in [0.25, 0.3) is 11.1 Å². The molecule has 2 unspecified atom stereocenters. The van der Waals surface area contributed by atoms with Crippen LogP contribution in [-0.4, -0.2) is 72.6 Å². The second kappa shape index (κ2) is 9.41. The number of aromatic nitrogens is 1. The van der Waals surface area contributed by atoms with Crippen LogP contribution >= 0.6 is 10.6 Å². The Morgan fingerprint density at radius 1 is 1.24 bits per heavy atom. The normalized spacial score (nSPS) is 26.4. The van der Waals surface area contributed by atoms with Crippen molar-refractivity contribution < 1.29 is 33.2 Å². The van der Waals surface area contributed by atoms with Crippen molar-refractivity contribution in [2.45, 2.75) is 38.0 Å². The predicted molar refractivity (Wildman–Crippen MR) is 141 cm³/mol. The zero-order chi connectivity index (χ0) is 26.5. The lowest BCUT2D eigenvalue weighted by Gasteiger charge is -2.33. The second-order valence-corrected chi connectivity index (χ2v) is 12.3. The number of aliphatic hydroxyl groups excluding tert-OH is 2. The van der Waals surface area contributed by atoms with Crippen LogP contribution in [0.15, 0.2) is 48.4 Å². The first-order chi connectivity index (χ1) is 17.5. The van der Waals surface area contributed by atoms with Gasteiger partial charge in [-0.2, -0.15) is 10.6 Å². The number of hydrogen-bond donors (Lipinski definition) is 5. The number of anilines is 2. The molecule has 5 N–H and O–H groups in total. The fourth-order valence-electron chi connectivity index (χ4n) is 5.14. The van der Waals surface area contributed by atoms with Crippen LogP contribution in [0.1, 0.15) is 31.4 Å². The van der Waals surface area contributed by atoms with E-state index in [-0.39, 0.29) is 29.6 Å². The molecule has 0 radical (unpaired) electrons. The first kappa shape index (κ1) is 25.7. The van der Waals surface area contributed by atoms with Crippen LogP contribution in [0.4, 0.5) is 15.9 Å². The highest BCUT2D eigenvalue weighted by atomic mass is 32.3. The van der Waals surface area contributed by atoms with Crippen LogP contribution in [0.2, 0.25) is 0 Å². The van der Waals surface area contributed by atoms with E-state index >= 15 is 0 Å². The Morgan fingerprint density at radius 2 is 2.03 bits per heavy atom. The molecular formula is C26H30FN3O6S. The molecule has 1 aromatic heterocycles. The minimum Gasteiger partial charge on any atom is -0.482 e. The number of benzene rings is 1. The maximum absolute atomic E-state index is 13.9. The maximum Gasteiger partial charge on any atom is 0.260 e. The van der Waals surface area contributed by atoms with E-state index in [4.69, 9.17) is 4.74 Å². The lowest BCUT2D eigenvalue weighted by molar-refractivity contribution is -0.111. The number of allylic oxidation sites excluding steroid dienone is 1. The van der Waals surface area contributed by atoms with Crippen molar-refractivity contribution in [3.63, 3.8) is 0 Å². The van der Waals surface area contributed by atoms with Crippen molar-refractivity contribution in [2.24, 2.45) is 0 Å². The Balaban J connectivity index is 1.48. The standard InChI is InChI=1S/C26H30FN3O6S/c1-26(2)18(11-22(36-26)24-17-10-16(27)5-6-19(17)29-25(24)33)15-4-7-23(28-12-15)30(8-3-9-31)20-13-37(34,35)14-21(20)32/h4-7,10-12,20-21,31-32,34-35H,3,8-9,13-14H2,1-2H3,(H,29,33). The van der Waals surface area contributed by atoms with Crippen molar-refractivity contribution >= 4 is 39.1 Å². The zero-order valence-corrected chi connectivity index (χ0v) is 21.3. The summed E-state index contributed by atoms with van der Waals surface area (Å²) < 4.78 is 40.3. The lowest BCUT2D eigenvalue weighted by Crippen LogP contribution is -2.44. The van der Waals surface area contributed by atoms with Gasteiger partial charge in [0.25, 0.3) is 5.91 Å². The highest BCUT2D eigenvalue weighted by Crippen LogP contribution is 2.48. The summed E-state index contributed by atoms with van der Waals surface area (Å²) >= 11 is 0. The molecule has 2 atom stereocenters. The molecule has 37 heavy (non-hydrogen) atoms. The number of ether oxygens (including phenoxy) is 1. The van der Waals surface area contributed by atoms with Gasteiger partial charge in [0.15, 0.2) is 0 Å². The fraction of sp³-hybridized carbons (Fsp3) is 0.385. The third kappa shape index (κ3) is 4.85. The number of nitrogens with one attached hydrogen (secondary N) is 1. The highest BCUT2D eigenvalue weighted by molar-refractivity contribution is 8.24. The molecule has 2 aromatic rings. The number of carbonyl (C=O) groups excluding carboxylic acids is 1. The molecule has 1 amide bonds. The Kier molecular flexibility index (Phi) is 6.53. The highest BCUT2D eigenvalue weighted by Gasteiger charge is 2.41. The minimum atomic E-state index is -2.87. The molecule has 4 heterocycles. The quantitative estimate of drug-likeness (QED) is 0.358. The average molecular weight is 532 g/mol. The number of carbonyl (C=O) groups is 1. The molecule has 3 aliphatic rings. The predicted octanol–water partition coefficient (Wildman–Crippen LogP) is 3.46. The molecule has 198 valence electrons. The summed E-state index contributed by atoms with van der Waals surface area (Å²) in [4.78, 5) is 19.1. The second-order valence-electron chi connectivity index (χ2n) is 10.00. The average Bonchev–Trinajstić information content (AvgIpc) is 3.42. The molecule has 0 aliphatic carbocycles. The molecule has 0 saturated carbocycles. The van der Waals surface area contributed by atoms with E-state index in [0.717, 1.165) is 11.1 Å². The Bertz CT molecular complexity index is 1290. The topological polar surface area (TPSA) is 135 Å². The van der Waals surface area contributed by atoms with Gasteiger partial charge in [0.2, 0.25) is 0 Å². The van der Waals surface area contributed by atoms with Crippen molar-refractivity contribution in [1.82, 2.24) is 4.98 Å². The smallest absolute Gasteiger partial charge is 0.260 e. The summed E-state index contributed by atoms with van der Waals surface area (Å²) in [7, 11) is -2.87. The van der Waals surface area contributed by atoms with Crippen molar-refractivity contribution in [3.8, 4) is 0 Å². The minimum absolute atomic E-state index is 0.0378. The molecule has 0 spiro atoms. The summed E-state index contributed by atoms with van der Waals surface area (Å²) in [5.41, 5.74) is 1.98. The van der Waals surface area contributed by atoms with E-state index in [0.29, 0.717) is 35.8 Å². The van der Waals surface area contributed by atoms with E-state index in [9.17, 15) is 28.5 Å². The van der Waals surface area contributed by atoms with Crippen molar-refractivity contribution in [1.29, 1.82) is 0 Å². The molecule has 1 saturated heterocycles. The molecule has 1 fully saturated rings. The largest absolute Gasteiger partial charge is 0.482 e. The van der Waals surface area contributed by atoms with Crippen molar-refractivity contribution in [3.05, 3.63) is 65.3 Å². The number of rotatable bonds is 6. The third-order valence-corrected chi connectivity index (χ3v) is 8.64. The van der Waals surface area contributed by atoms with Crippen LogP contribution in [-0.2, 0) is 9.53 Å². The van der Waals surface area contributed by atoms with Gasteiger partial charge in [0.05, 0.1) is 29.2 Å². The van der Waals surface area contributed by atoms with E-state index in [1.54, 1.807) is 23.2 Å². The number of nitrogens with zero attached hydrogens (tertiary/aromatic N) is 2. The number of hydrogen-bond acceptors (Lipinski definition) is 8. The van der Waals surface area contributed by atoms with Crippen molar-refractivity contribution in [2.75, 3.05) is 34.9 Å². The summed E-state index contributed by atoms with van der Waals surface area (Å²) in [6.45, 7) is 4.07. The van der Waals surface area contributed by atoms with Crippen LogP contribution in [0, 0.1) is 5.82 Å². The van der Waals surface area contributed by atoms with Gasteiger partial charge in [-0.15, -0.1) is 0 Å². The Hall–Kier alpha value is -2.96. The van der Waals surface area contributed by atoms with Crippen LogP contribution in [0.3, 0.4) is 0 Å². The summed E-state index contributed by atoms with van der Waals surface area (Å²) in [5.74, 6) is 0.0216. The van der Waals surface area contributed by atoms with E-state index in [1.807, 2.05) is 19.9 Å². The van der Waals surface area contributed by atoms with Crippen LogP contribution < -0.4 is 10.2 Å². The molecular weight excluding hydrogens is 501 g/mol. The number of amides is 1. The van der Waals surface area contributed by atoms with E-state index in [2.05, 4.69) is 10.3 Å². The maximum atomic E-state index is 13.9. The van der Waals surface area contributed by atoms with Gasteiger partial charge in [-0.3, -0.25) is 13.9 Å². The lowest BCUT2D eigenvalue weighted by atomic mass is 9.93. The summed E-state index contributed by atoms with van der Waals surface area (Å²) in [6.07, 6.45) is 2.94.